The van der Waals surface area contributed by atoms with Gasteiger partial charge in [-0.25, -0.2) is 20.3 Å². The lowest BCUT2D eigenvalue weighted by atomic mass is 10.1. The van der Waals surface area contributed by atoms with Gasteiger partial charge in [-0.15, -0.1) is 5.10 Å². The number of aromatic nitrogens is 4. The minimum atomic E-state index is -0.440. The van der Waals surface area contributed by atoms with E-state index in [4.69, 9.17) is 10.6 Å². The lowest BCUT2D eigenvalue weighted by molar-refractivity contribution is 0.0527. The van der Waals surface area contributed by atoms with Gasteiger partial charge in [-0.2, -0.15) is 0 Å². The number of ether oxygens (including phenoxy) is 1. The molecule has 8 heteroatoms. The average Bonchev–Trinajstić information content (AvgIpc) is 3.04. The largest absolute Gasteiger partial charge is 0.462 e. The molecule has 0 amide bonds. The highest BCUT2D eigenvalue weighted by Gasteiger charge is 2.23. The van der Waals surface area contributed by atoms with Gasteiger partial charge in [0.1, 0.15) is 11.1 Å². The predicted octanol–water partition coefficient (Wildman–Crippen LogP) is 1.84. The molecular weight excluding hydrogens is 320 g/mol. The number of hydrogen-bond donors (Lipinski definition) is 2. The summed E-state index contributed by atoms with van der Waals surface area (Å²) in [5, 5.41) is 8.33. The molecule has 3 aromatic rings. The van der Waals surface area contributed by atoms with Crippen molar-refractivity contribution in [1.82, 2.24) is 20.0 Å². The van der Waals surface area contributed by atoms with Crippen LogP contribution in [0.2, 0.25) is 0 Å². The number of hydrazine groups is 1. The van der Waals surface area contributed by atoms with Gasteiger partial charge in [-0.1, -0.05) is 35.5 Å². The number of pyridine rings is 1. The number of anilines is 1. The number of aryl methyl sites for hydroxylation is 3. The van der Waals surface area contributed by atoms with Gasteiger partial charge in [0.15, 0.2) is 11.3 Å². The first kappa shape index (κ1) is 16.8. The van der Waals surface area contributed by atoms with Crippen LogP contribution in [0.3, 0.4) is 0 Å². The van der Waals surface area contributed by atoms with Crippen LogP contribution in [0.4, 0.5) is 5.82 Å². The van der Waals surface area contributed by atoms with E-state index < -0.39 is 5.97 Å². The molecule has 3 N–H and O–H groups in total. The summed E-state index contributed by atoms with van der Waals surface area (Å²) in [6.45, 7) is 4.35. The fourth-order valence-electron chi connectivity index (χ4n) is 2.75. The van der Waals surface area contributed by atoms with Gasteiger partial charge in [-0.3, -0.25) is 0 Å². The molecule has 0 spiro atoms. The Labute approximate surface area is 145 Å². The Balaban J connectivity index is 2.06. The molecule has 1 aromatic carbocycles. The van der Waals surface area contributed by atoms with E-state index in [1.807, 2.05) is 30.3 Å². The van der Waals surface area contributed by atoms with Crippen LogP contribution >= 0.6 is 0 Å². The zero-order valence-electron chi connectivity index (χ0n) is 14.2. The number of fused-ring (bicyclic) bond motifs is 1. The van der Waals surface area contributed by atoms with Crippen molar-refractivity contribution >= 4 is 22.8 Å². The SMILES string of the molecule is CCOC(=O)c1c(C)nc(NN)c2nnn(CCc3ccccc3)c12. The highest BCUT2D eigenvalue weighted by atomic mass is 16.5. The van der Waals surface area contributed by atoms with Crippen LogP contribution in [0.15, 0.2) is 30.3 Å². The summed E-state index contributed by atoms with van der Waals surface area (Å²) in [7, 11) is 0. The van der Waals surface area contributed by atoms with Crippen LogP contribution in [-0.4, -0.2) is 32.6 Å². The number of carbonyl (C=O) groups is 1. The molecule has 25 heavy (non-hydrogen) atoms. The van der Waals surface area contributed by atoms with E-state index in [0.29, 0.717) is 34.7 Å². The topological polar surface area (TPSA) is 108 Å². The lowest BCUT2D eigenvalue weighted by Gasteiger charge is -2.11. The van der Waals surface area contributed by atoms with Crippen molar-refractivity contribution in [3.63, 3.8) is 0 Å². The molecule has 0 atom stereocenters. The summed E-state index contributed by atoms with van der Waals surface area (Å²) in [5.41, 5.74) is 5.60. The van der Waals surface area contributed by atoms with Crippen LogP contribution in [0.1, 0.15) is 28.5 Å². The Morgan fingerprint density at radius 3 is 2.76 bits per heavy atom. The smallest absolute Gasteiger partial charge is 0.342 e. The molecule has 0 bridgehead atoms. The Morgan fingerprint density at radius 2 is 2.08 bits per heavy atom. The molecule has 0 fully saturated rings. The van der Waals surface area contributed by atoms with Crippen molar-refractivity contribution in [3.8, 4) is 0 Å². The first-order valence-corrected chi connectivity index (χ1v) is 8.07. The molecule has 0 saturated heterocycles. The van der Waals surface area contributed by atoms with E-state index >= 15 is 0 Å². The minimum absolute atomic E-state index is 0.280. The number of carbonyl (C=O) groups excluding carboxylic acids is 1. The summed E-state index contributed by atoms with van der Waals surface area (Å²) < 4.78 is 6.88. The van der Waals surface area contributed by atoms with Gasteiger partial charge in [0.05, 0.1) is 12.3 Å². The van der Waals surface area contributed by atoms with Gasteiger partial charge >= 0.3 is 5.97 Å². The Bertz CT molecular complexity index is 891. The Morgan fingerprint density at radius 1 is 1.32 bits per heavy atom. The van der Waals surface area contributed by atoms with Gasteiger partial charge in [0.25, 0.3) is 0 Å². The molecule has 130 valence electrons. The summed E-state index contributed by atoms with van der Waals surface area (Å²) in [6, 6.07) is 10.0. The van der Waals surface area contributed by atoms with Crippen LogP contribution in [0, 0.1) is 6.92 Å². The maximum atomic E-state index is 12.4. The van der Waals surface area contributed by atoms with Crippen molar-refractivity contribution in [2.24, 2.45) is 5.84 Å². The predicted molar refractivity (Wildman–Crippen MR) is 94.0 cm³/mol. The molecule has 0 unspecified atom stereocenters. The van der Waals surface area contributed by atoms with Crippen molar-refractivity contribution < 1.29 is 9.53 Å². The van der Waals surface area contributed by atoms with E-state index in [2.05, 4.69) is 20.7 Å². The zero-order chi connectivity index (χ0) is 17.8. The van der Waals surface area contributed by atoms with Crippen molar-refractivity contribution in [2.75, 3.05) is 12.0 Å². The third-order valence-corrected chi connectivity index (χ3v) is 3.91. The molecule has 2 aromatic heterocycles. The fraction of sp³-hybridized carbons (Fsp3) is 0.294. The first-order chi connectivity index (χ1) is 12.2. The molecule has 2 heterocycles. The number of nitrogens with one attached hydrogen (secondary N) is 1. The zero-order valence-corrected chi connectivity index (χ0v) is 14.2. The first-order valence-electron chi connectivity index (χ1n) is 8.07. The minimum Gasteiger partial charge on any atom is -0.462 e. The highest BCUT2D eigenvalue weighted by Crippen LogP contribution is 2.26. The number of nitrogens with zero attached hydrogens (tertiary/aromatic N) is 4. The number of esters is 1. The van der Waals surface area contributed by atoms with Crippen molar-refractivity contribution in [1.29, 1.82) is 0 Å². The van der Waals surface area contributed by atoms with Crippen LogP contribution in [0.25, 0.3) is 11.0 Å². The van der Waals surface area contributed by atoms with E-state index in [0.717, 1.165) is 6.42 Å². The van der Waals surface area contributed by atoms with Gasteiger partial charge in [0.2, 0.25) is 0 Å². The molecule has 8 nitrogen and oxygen atoms in total. The molecular formula is C17H20N6O2. The number of hydrogen-bond acceptors (Lipinski definition) is 7. The van der Waals surface area contributed by atoms with Gasteiger partial charge < -0.3 is 10.2 Å². The van der Waals surface area contributed by atoms with Gasteiger partial charge in [-0.05, 0) is 25.8 Å². The standard InChI is InChI=1S/C17H20N6O2/c1-3-25-17(24)13-11(2)19-16(20-18)14-15(13)23(22-21-14)10-9-12-7-5-4-6-8-12/h4-8H,3,9-10,18H2,1-2H3,(H,19,20). The maximum Gasteiger partial charge on any atom is 0.342 e. The average molecular weight is 340 g/mol. The number of nitrogens with two attached hydrogens (primary N) is 1. The third kappa shape index (κ3) is 3.29. The summed E-state index contributed by atoms with van der Waals surface area (Å²) in [5.74, 6) is 5.48. The monoisotopic (exact) mass is 340 g/mol. The van der Waals surface area contributed by atoms with Crippen LogP contribution in [-0.2, 0) is 17.7 Å². The van der Waals surface area contributed by atoms with Gasteiger partial charge in [0, 0.05) is 6.54 Å². The highest BCUT2D eigenvalue weighted by molar-refractivity contribution is 6.05. The van der Waals surface area contributed by atoms with Crippen LogP contribution < -0.4 is 11.3 Å². The lowest BCUT2D eigenvalue weighted by Crippen LogP contribution is -2.15. The molecule has 3 rings (SSSR count). The Kier molecular flexibility index (Phi) is 4.90. The third-order valence-electron chi connectivity index (χ3n) is 3.91. The van der Waals surface area contributed by atoms with Crippen LogP contribution in [0.5, 0.6) is 0 Å². The molecule has 0 aliphatic heterocycles. The van der Waals surface area contributed by atoms with E-state index in [9.17, 15) is 4.79 Å². The van der Waals surface area contributed by atoms with Crippen molar-refractivity contribution in [2.45, 2.75) is 26.8 Å². The van der Waals surface area contributed by atoms with E-state index in [1.165, 1.54) is 5.56 Å². The summed E-state index contributed by atoms with van der Waals surface area (Å²) in [6.07, 6.45) is 0.758. The van der Waals surface area contributed by atoms with Crippen molar-refractivity contribution in [3.05, 3.63) is 47.2 Å². The normalized spacial score (nSPS) is 10.8. The number of rotatable bonds is 6. The van der Waals surface area contributed by atoms with E-state index in [1.54, 1.807) is 18.5 Å². The maximum absolute atomic E-state index is 12.4. The second-order valence-corrected chi connectivity index (χ2v) is 5.53. The number of nitrogen functional groups attached to an aromatic ring is 1. The summed E-state index contributed by atoms with van der Waals surface area (Å²) >= 11 is 0. The quantitative estimate of drug-likeness (QED) is 0.400. The van der Waals surface area contributed by atoms with E-state index in [-0.39, 0.29) is 6.61 Å². The number of benzene rings is 1. The Hall–Kier alpha value is -3.00. The second-order valence-electron chi connectivity index (χ2n) is 5.53. The molecule has 0 aliphatic carbocycles. The fourth-order valence-corrected chi connectivity index (χ4v) is 2.75. The molecule has 0 aliphatic rings. The molecule has 0 saturated carbocycles. The second kappa shape index (κ2) is 7.27. The molecule has 0 radical (unpaired) electrons. The summed E-state index contributed by atoms with van der Waals surface area (Å²) in [4.78, 5) is 16.7.